The van der Waals surface area contributed by atoms with E-state index in [1.165, 1.54) is 12.1 Å². The number of amides is 3. The summed E-state index contributed by atoms with van der Waals surface area (Å²) in [5, 5.41) is 5.02. The minimum absolute atomic E-state index is 0.0518. The number of rotatable bonds is 12. The topological polar surface area (TPSA) is 69.7 Å². The van der Waals surface area contributed by atoms with Crippen molar-refractivity contribution < 1.29 is 18.8 Å². The van der Waals surface area contributed by atoms with Crippen molar-refractivity contribution in [2.75, 3.05) is 11.4 Å². The molecule has 0 bridgehead atoms. The molecule has 0 spiro atoms. The Morgan fingerprint density at radius 2 is 1.62 bits per heavy atom. The molecule has 4 aromatic carbocycles. The zero-order chi connectivity index (χ0) is 29.6. The van der Waals surface area contributed by atoms with Gasteiger partial charge in [0.1, 0.15) is 11.9 Å². The third-order valence-electron chi connectivity index (χ3n) is 7.96. The average Bonchev–Trinajstić information content (AvgIpc) is 3.28. The lowest BCUT2D eigenvalue weighted by atomic mass is 10.0. The first-order chi connectivity index (χ1) is 20.4. The van der Waals surface area contributed by atoms with Crippen LogP contribution in [-0.2, 0) is 22.6 Å². The van der Waals surface area contributed by atoms with Crippen molar-refractivity contribution in [3.8, 4) is 0 Å². The van der Waals surface area contributed by atoms with Gasteiger partial charge < -0.3 is 15.1 Å². The number of nitrogens with one attached hydrogen (secondary N) is 1. The fraction of sp³-hybridized carbons (Fsp3) is 0.286. The molecule has 0 radical (unpaired) electrons. The molecule has 6 nitrogen and oxygen atoms in total. The third-order valence-corrected chi connectivity index (χ3v) is 7.96. The number of hydrogen-bond donors (Lipinski definition) is 1. The molecule has 5 rings (SSSR count). The second-order valence-electron chi connectivity index (χ2n) is 10.9. The van der Waals surface area contributed by atoms with Crippen LogP contribution < -0.4 is 10.2 Å². The van der Waals surface area contributed by atoms with Crippen LogP contribution in [0.2, 0.25) is 0 Å². The molecular weight excluding hydrogens is 529 g/mol. The molecule has 1 heterocycles. The smallest absolute Gasteiger partial charge is 0.258 e. The summed E-state index contributed by atoms with van der Waals surface area (Å²) in [4.78, 5) is 44.2. The van der Waals surface area contributed by atoms with Gasteiger partial charge in [-0.25, -0.2) is 4.39 Å². The molecule has 2 atom stereocenters. The summed E-state index contributed by atoms with van der Waals surface area (Å²) < 4.78 is 13.7. The van der Waals surface area contributed by atoms with Crippen molar-refractivity contribution in [3.05, 3.63) is 114 Å². The largest absolute Gasteiger partial charge is 0.352 e. The minimum atomic E-state index is -0.759. The van der Waals surface area contributed by atoms with E-state index in [1.54, 1.807) is 21.9 Å². The lowest BCUT2D eigenvalue weighted by Gasteiger charge is -2.32. The highest BCUT2D eigenvalue weighted by Crippen LogP contribution is 2.37. The van der Waals surface area contributed by atoms with E-state index in [1.807, 2.05) is 80.6 Å². The number of anilines is 1. The zero-order valence-corrected chi connectivity index (χ0v) is 24.1. The van der Waals surface area contributed by atoms with Gasteiger partial charge >= 0.3 is 0 Å². The monoisotopic (exact) mass is 565 g/mol. The van der Waals surface area contributed by atoms with Gasteiger partial charge in [0.2, 0.25) is 11.8 Å². The van der Waals surface area contributed by atoms with E-state index in [0.29, 0.717) is 24.9 Å². The van der Waals surface area contributed by atoms with Gasteiger partial charge in [-0.1, -0.05) is 73.7 Å². The van der Waals surface area contributed by atoms with Crippen LogP contribution in [0.1, 0.15) is 54.6 Å². The fourth-order valence-corrected chi connectivity index (χ4v) is 5.51. The molecule has 0 fully saturated rings. The first-order valence-electron chi connectivity index (χ1n) is 14.6. The van der Waals surface area contributed by atoms with Gasteiger partial charge in [-0.05, 0) is 60.5 Å². The van der Waals surface area contributed by atoms with Gasteiger partial charge in [-0.2, -0.15) is 0 Å². The predicted molar refractivity (Wildman–Crippen MR) is 164 cm³/mol. The first-order valence-corrected chi connectivity index (χ1v) is 14.6. The standard InChI is InChI=1S/C35H36FN3O3/c1-3-24(2)37-34(41)31(22-25-10-5-4-6-11-25)39(23-26-17-19-28(36)20-18-26)32(40)16-9-21-38-30-15-8-13-27-12-7-14-29(33(27)30)35(38)42/h4-8,10-15,17-20,24,31H,3,9,16,21-23H2,1-2H3,(H,37,41)/t24-,31+/m0/s1. The lowest BCUT2D eigenvalue weighted by molar-refractivity contribution is -0.141. The van der Waals surface area contributed by atoms with Crippen molar-refractivity contribution in [2.45, 2.75) is 58.2 Å². The summed E-state index contributed by atoms with van der Waals surface area (Å²) >= 11 is 0. The highest BCUT2D eigenvalue weighted by molar-refractivity contribution is 6.25. The van der Waals surface area contributed by atoms with Gasteiger partial charge in [-0.15, -0.1) is 0 Å². The van der Waals surface area contributed by atoms with Crippen molar-refractivity contribution in [3.63, 3.8) is 0 Å². The molecule has 1 aliphatic rings. The molecule has 1 aliphatic heterocycles. The second kappa shape index (κ2) is 13.0. The van der Waals surface area contributed by atoms with Gasteiger partial charge in [-0.3, -0.25) is 14.4 Å². The van der Waals surface area contributed by atoms with Crippen molar-refractivity contribution in [2.24, 2.45) is 0 Å². The Balaban J connectivity index is 1.37. The number of carbonyl (C=O) groups is 3. The van der Waals surface area contributed by atoms with E-state index in [4.69, 9.17) is 0 Å². The van der Waals surface area contributed by atoms with Crippen LogP contribution in [0.3, 0.4) is 0 Å². The Labute approximate surface area is 246 Å². The predicted octanol–water partition coefficient (Wildman–Crippen LogP) is 6.27. The number of nitrogens with zero attached hydrogens (tertiary/aromatic N) is 2. The normalized spacial score (nSPS) is 13.7. The van der Waals surface area contributed by atoms with Crippen LogP contribution >= 0.6 is 0 Å². The zero-order valence-electron chi connectivity index (χ0n) is 24.1. The lowest BCUT2D eigenvalue weighted by Crippen LogP contribution is -2.52. The van der Waals surface area contributed by atoms with Crippen LogP contribution in [-0.4, -0.2) is 41.2 Å². The summed E-state index contributed by atoms with van der Waals surface area (Å²) in [6.45, 7) is 4.48. The van der Waals surface area contributed by atoms with E-state index < -0.39 is 6.04 Å². The molecule has 0 aromatic heterocycles. The van der Waals surface area contributed by atoms with Crippen molar-refractivity contribution in [1.29, 1.82) is 0 Å². The molecule has 7 heteroatoms. The first kappa shape index (κ1) is 29.0. The number of halogens is 1. The highest BCUT2D eigenvalue weighted by Gasteiger charge is 2.32. The SMILES string of the molecule is CC[C@H](C)NC(=O)[C@@H](Cc1ccccc1)N(Cc1ccc(F)cc1)C(=O)CCCN1C(=O)c2cccc3cccc1c23. The maximum absolute atomic E-state index is 13.9. The number of hydrogen-bond acceptors (Lipinski definition) is 3. The highest BCUT2D eigenvalue weighted by atomic mass is 19.1. The van der Waals surface area contributed by atoms with Crippen molar-refractivity contribution in [1.82, 2.24) is 10.2 Å². The third kappa shape index (κ3) is 6.35. The minimum Gasteiger partial charge on any atom is -0.352 e. The summed E-state index contributed by atoms with van der Waals surface area (Å²) in [6.07, 6.45) is 1.69. The van der Waals surface area contributed by atoms with Crippen LogP contribution in [0.25, 0.3) is 10.8 Å². The number of benzene rings is 4. The van der Waals surface area contributed by atoms with E-state index in [0.717, 1.165) is 34.0 Å². The van der Waals surface area contributed by atoms with Crippen LogP contribution in [0.15, 0.2) is 91.0 Å². The molecule has 1 N–H and O–H groups in total. The Morgan fingerprint density at radius 1 is 0.905 bits per heavy atom. The Kier molecular flexibility index (Phi) is 8.96. The molecule has 0 unspecified atom stereocenters. The molecule has 42 heavy (non-hydrogen) atoms. The van der Waals surface area contributed by atoms with Gasteiger partial charge in [0.15, 0.2) is 0 Å². The van der Waals surface area contributed by atoms with E-state index in [-0.39, 0.29) is 42.5 Å². The van der Waals surface area contributed by atoms with E-state index >= 15 is 0 Å². The molecule has 0 saturated carbocycles. The van der Waals surface area contributed by atoms with Crippen molar-refractivity contribution >= 4 is 34.2 Å². The Morgan fingerprint density at radius 3 is 2.33 bits per heavy atom. The summed E-state index contributed by atoms with van der Waals surface area (Å²) in [7, 11) is 0. The second-order valence-corrected chi connectivity index (χ2v) is 10.9. The average molecular weight is 566 g/mol. The molecule has 0 aliphatic carbocycles. The summed E-state index contributed by atoms with van der Waals surface area (Å²) in [6, 6.07) is 26.4. The van der Waals surface area contributed by atoms with Gasteiger partial charge in [0.05, 0.1) is 5.69 Å². The molecule has 4 aromatic rings. The van der Waals surface area contributed by atoms with Crippen LogP contribution in [0.4, 0.5) is 10.1 Å². The quantitative estimate of drug-likeness (QED) is 0.220. The fourth-order valence-electron chi connectivity index (χ4n) is 5.51. The van der Waals surface area contributed by atoms with Gasteiger partial charge in [0.25, 0.3) is 5.91 Å². The molecular formula is C35H36FN3O3. The Bertz CT molecular complexity index is 1570. The maximum atomic E-state index is 13.9. The van der Waals surface area contributed by atoms with Crippen LogP contribution in [0.5, 0.6) is 0 Å². The molecule has 0 saturated heterocycles. The molecule has 216 valence electrons. The Hall–Kier alpha value is -4.52. The van der Waals surface area contributed by atoms with E-state index in [9.17, 15) is 18.8 Å². The maximum Gasteiger partial charge on any atom is 0.258 e. The van der Waals surface area contributed by atoms with E-state index in [2.05, 4.69) is 5.32 Å². The number of carbonyl (C=O) groups excluding carboxylic acids is 3. The summed E-state index contributed by atoms with van der Waals surface area (Å²) in [5.74, 6) is -0.840. The molecule has 3 amide bonds. The van der Waals surface area contributed by atoms with Gasteiger partial charge in [0, 0.05) is 42.9 Å². The summed E-state index contributed by atoms with van der Waals surface area (Å²) in [5.41, 5.74) is 3.21. The van der Waals surface area contributed by atoms with Crippen LogP contribution in [0, 0.1) is 5.82 Å².